The minimum atomic E-state index is -1.37. The largest absolute Gasteiger partial charge is 0.494 e. The Kier molecular flexibility index (Phi) is 5.83. The molecule has 0 aliphatic carbocycles. The van der Waals surface area contributed by atoms with Crippen molar-refractivity contribution < 1.29 is 20.4 Å². The molecular formula is C12H16N2O5S. The molecule has 0 saturated carbocycles. The van der Waals surface area contributed by atoms with Crippen molar-refractivity contribution in [2.45, 2.75) is 18.8 Å². The van der Waals surface area contributed by atoms with Crippen molar-refractivity contribution in [2.75, 3.05) is 6.61 Å². The van der Waals surface area contributed by atoms with Crippen LogP contribution in [0.3, 0.4) is 0 Å². The number of aromatic hydroxyl groups is 1. The molecule has 7 nitrogen and oxygen atoms in total. The Morgan fingerprint density at radius 2 is 2.10 bits per heavy atom. The van der Waals surface area contributed by atoms with Crippen molar-refractivity contribution in [2.24, 2.45) is 0 Å². The van der Waals surface area contributed by atoms with Gasteiger partial charge in [0.05, 0.1) is 12.2 Å². The van der Waals surface area contributed by atoms with Crippen LogP contribution in [-0.2, 0) is 6.54 Å². The van der Waals surface area contributed by atoms with Crippen molar-refractivity contribution in [3.63, 3.8) is 0 Å². The summed E-state index contributed by atoms with van der Waals surface area (Å²) in [7, 11) is 0. The van der Waals surface area contributed by atoms with E-state index in [1.54, 1.807) is 0 Å². The van der Waals surface area contributed by atoms with Crippen LogP contribution in [0.1, 0.15) is 5.56 Å². The Labute approximate surface area is 119 Å². The molecule has 0 radical (unpaired) electrons. The Bertz CT molecular complexity index is 619. The summed E-state index contributed by atoms with van der Waals surface area (Å²) in [6, 6.07) is 0. The number of rotatable bonds is 6. The number of aromatic amines is 1. The topological polar surface area (TPSA) is 119 Å². The van der Waals surface area contributed by atoms with Crippen molar-refractivity contribution in [1.82, 2.24) is 9.55 Å². The first kappa shape index (κ1) is 16.3. The second kappa shape index (κ2) is 7.15. The van der Waals surface area contributed by atoms with Gasteiger partial charge in [0.25, 0.3) is 5.56 Å². The second-order valence-corrected chi connectivity index (χ2v) is 4.38. The molecule has 1 aromatic heterocycles. The molecule has 0 aromatic carbocycles. The maximum absolute atomic E-state index is 11.7. The standard InChI is InChI=1S/C12H16N2O5S/c1-2-5-14-11(19)7(10(18)13-12(14)20)3-4-8(16)9(17)6-15/h2-4,8-9,15-17,19H,1,5-6H2,(H,13,18,20)/t8-,9+/m0/s1. The van der Waals surface area contributed by atoms with Crippen molar-refractivity contribution in [3.05, 3.63) is 39.4 Å². The Hall–Kier alpha value is -1.74. The predicted octanol–water partition coefficient (Wildman–Crippen LogP) is -0.475. The maximum atomic E-state index is 11.7. The van der Waals surface area contributed by atoms with Gasteiger partial charge in [-0.25, -0.2) is 0 Å². The van der Waals surface area contributed by atoms with Gasteiger partial charge in [0.2, 0.25) is 5.88 Å². The smallest absolute Gasteiger partial charge is 0.262 e. The van der Waals surface area contributed by atoms with Crippen molar-refractivity contribution in [3.8, 4) is 5.88 Å². The van der Waals surface area contributed by atoms with E-state index in [9.17, 15) is 20.1 Å². The molecule has 0 saturated heterocycles. The number of nitrogens with one attached hydrogen (secondary N) is 1. The minimum absolute atomic E-state index is 0.0421. The van der Waals surface area contributed by atoms with E-state index in [0.717, 1.165) is 12.2 Å². The molecule has 1 aromatic rings. The lowest BCUT2D eigenvalue weighted by molar-refractivity contribution is 0.00982. The van der Waals surface area contributed by atoms with Gasteiger partial charge >= 0.3 is 0 Å². The maximum Gasteiger partial charge on any atom is 0.262 e. The molecule has 1 rings (SSSR count). The van der Waals surface area contributed by atoms with Gasteiger partial charge in [-0.05, 0) is 18.3 Å². The fourth-order valence-corrected chi connectivity index (χ4v) is 1.71. The van der Waals surface area contributed by atoms with E-state index in [2.05, 4.69) is 11.6 Å². The zero-order valence-electron chi connectivity index (χ0n) is 10.6. The van der Waals surface area contributed by atoms with Gasteiger partial charge in [0.1, 0.15) is 12.2 Å². The van der Waals surface area contributed by atoms with E-state index >= 15 is 0 Å². The van der Waals surface area contributed by atoms with E-state index in [0.29, 0.717) is 0 Å². The number of H-pyrrole nitrogens is 1. The van der Waals surface area contributed by atoms with Gasteiger partial charge in [-0.2, -0.15) is 0 Å². The Morgan fingerprint density at radius 1 is 1.45 bits per heavy atom. The van der Waals surface area contributed by atoms with Crippen LogP contribution in [-0.4, -0.2) is 48.8 Å². The third-order valence-electron chi connectivity index (χ3n) is 2.56. The first-order valence-electron chi connectivity index (χ1n) is 5.74. The molecule has 2 atom stereocenters. The van der Waals surface area contributed by atoms with Crippen LogP contribution in [0.2, 0.25) is 0 Å². The van der Waals surface area contributed by atoms with Crippen LogP contribution in [0.4, 0.5) is 0 Å². The van der Waals surface area contributed by atoms with Gasteiger partial charge in [-0.3, -0.25) is 14.3 Å². The number of aliphatic hydroxyl groups excluding tert-OH is 3. The zero-order chi connectivity index (χ0) is 15.3. The lowest BCUT2D eigenvalue weighted by atomic mass is 10.1. The normalized spacial score (nSPS) is 14.3. The lowest BCUT2D eigenvalue weighted by Gasteiger charge is -2.12. The highest BCUT2D eigenvalue weighted by Crippen LogP contribution is 2.15. The van der Waals surface area contributed by atoms with E-state index in [1.165, 1.54) is 10.6 Å². The third-order valence-corrected chi connectivity index (χ3v) is 2.88. The van der Waals surface area contributed by atoms with Gasteiger partial charge in [0.15, 0.2) is 4.77 Å². The molecule has 0 bridgehead atoms. The molecule has 110 valence electrons. The SMILES string of the molecule is C=CCn1c(O)c(C=C[C@H](O)[C@H](O)CO)c(=O)[nH]c1=S. The number of aromatic nitrogens is 2. The van der Waals surface area contributed by atoms with Crippen LogP contribution < -0.4 is 5.56 Å². The fourth-order valence-electron chi connectivity index (χ4n) is 1.45. The molecule has 0 aliphatic rings. The van der Waals surface area contributed by atoms with Gasteiger partial charge in [-0.1, -0.05) is 12.2 Å². The number of hydrogen-bond donors (Lipinski definition) is 5. The van der Waals surface area contributed by atoms with E-state index in [4.69, 9.17) is 17.3 Å². The number of allylic oxidation sites excluding steroid dienone is 1. The molecule has 8 heteroatoms. The number of nitrogens with zero attached hydrogens (tertiary/aromatic N) is 1. The summed E-state index contributed by atoms with van der Waals surface area (Å²) in [6.07, 6.45) is 0.991. The molecule has 0 unspecified atom stereocenters. The average molecular weight is 300 g/mol. The summed E-state index contributed by atoms with van der Waals surface area (Å²) in [6.45, 7) is 3.08. The van der Waals surface area contributed by atoms with Crippen LogP contribution in [0.5, 0.6) is 5.88 Å². The molecular weight excluding hydrogens is 284 g/mol. The van der Waals surface area contributed by atoms with Gasteiger partial charge in [-0.15, -0.1) is 6.58 Å². The summed E-state index contributed by atoms with van der Waals surface area (Å²) in [4.78, 5) is 14.1. The highest BCUT2D eigenvalue weighted by Gasteiger charge is 2.13. The fraction of sp³-hybridized carbons (Fsp3) is 0.333. The Morgan fingerprint density at radius 3 is 2.65 bits per heavy atom. The summed E-state index contributed by atoms with van der Waals surface area (Å²) in [5, 5.41) is 37.3. The molecule has 0 aliphatic heterocycles. The van der Waals surface area contributed by atoms with Crippen molar-refractivity contribution in [1.29, 1.82) is 0 Å². The van der Waals surface area contributed by atoms with Gasteiger partial charge in [0, 0.05) is 6.54 Å². The summed E-state index contributed by atoms with van der Waals surface area (Å²) >= 11 is 4.90. The first-order chi connectivity index (χ1) is 9.42. The predicted molar refractivity (Wildman–Crippen MR) is 75.9 cm³/mol. The molecule has 1 heterocycles. The number of hydrogen-bond acceptors (Lipinski definition) is 6. The summed E-state index contributed by atoms with van der Waals surface area (Å²) in [5.74, 6) is -0.374. The van der Waals surface area contributed by atoms with Crippen LogP contribution in [0, 0.1) is 4.77 Å². The minimum Gasteiger partial charge on any atom is -0.494 e. The van der Waals surface area contributed by atoms with E-state index < -0.39 is 24.4 Å². The highest BCUT2D eigenvalue weighted by molar-refractivity contribution is 7.71. The van der Waals surface area contributed by atoms with Gasteiger partial charge < -0.3 is 20.4 Å². The quantitative estimate of drug-likeness (QED) is 0.358. The van der Waals surface area contributed by atoms with Crippen LogP contribution in [0.25, 0.3) is 6.08 Å². The monoisotopic (exact) mass is 300 g/mol. The lowest BCUT2D eigenvalue weighted by Crippen LogP contribution is -2.27. The van der Waals surface area contributed by atoms with Crippen molar-refractivity contribution >= 4 is 18.3 Å². The summed E-state index contributed by atoms with van der Waals surface area (Å²) in [5.41, 5.74) is -0.751. The molecule has 0 spiro atoms. The number of aliphatic hydroxyl groups is 3. The van der Waals surface area contributed by atoms with E-state index in [1.807, 2.05) is 0 Å². The Balaban J connectivity index is 3.22. The van der Waals surface area contributed by atoms with E-state index in [-0.39, 0.29) is 22.8 Å². The molecule has 5 N–H and O–H groups in total. The van der Waals surface area contributed by atoms with Crippen LogP contribution in [0.15, 0.2) is 23.5 Å². The third kappa shape index (κ3) is 3.64. The first-order valence-corrected chi connectivity index (χ1v) is 6.15. The molecule has 0 amide bonds. The average Bonchev–Trinajstić information content (AvgIpc) is 2.41. The summed E-state index contributed by atoms with van der Waals surface area (Å²) < 4.78 is 1.29. The molecule has 0 fully saturated rings. The van der Waals surface area contributed by atoms with Crippen LogP contribution >= 0.6 is 12.2 Å². The zero-order valence-corrected chi connectivity index (χ0v) is 11.4. The highest BCUT2D eigenvalue weighted by atomic mass is 32.1. The second-order valence-electron chi connectivity index (χ2n) is 4.00. The molecule has 20 heavy (non-hydrogen) atoms.